The van der Waals surface area contributed by atoms with Crippen molar-refractivity contribution in [1.29, 1.82) is 0 Å². The summed E-state index contributed by atoms with van der Waals surface area (Å²) in [5.41, 5.74) is 2.35. The first-order chi connectivity index (χ1) is 15.7. The van der Waals surface area contributed by atoms with Crippen molar-refractivity contribution in [2.75, 3.05) is 37.0 Å². The maximum absolute atomic E-state index is 12.3. The second-order valence-electron chi connectivity index (χ2n) is 7.77. The number of hydrogen-bond acceptors (Lipinski definition) is 6. The molecule has 1 amide bonds. The number of nitrogens with zero attached hydrogens (tertiary/aromatic N) is 3. The van der Waals surface area contributed by atoms with Crippen LogP contribution in [-0.4, -0.2) is 42.9 Å². The predicted molar refractivity (Wildman–Crippen MR) is 125 cm³/mol. The quantitative estimate of drug-likeness (QED) is 0.590. The third-order valence-corrected chi connectivity index (χ3v) is 5.43. The van der Waals surface area contributed by atoms with Crippen molar-refractivity contribution < 1.29 is 14.3 Å². The van der Waals surface area contributed by atoms with Crippen molar-refractivity contribution in [2.24, 2.45) is 0 Å². The van der Waals surface area contributed by atoms with E-state index >= 15 is 0 Å². The van der Waals surface area contributed by atoms with Crippen LogP contribution in [0.3, 0.4) is 0 Å². The van der Waals surface area contributed by atoms with Crippen LogP contribution in [-0.2, 0) is 4.79 Å². The molecule has 7 heteroatoms. The van der Waals surface area contributed by atoms with Crippen LogP contribution in [0.1, 0.15) is 25.7 Å². The first-order valence-electron chi connectivity index (χ1n) is 11.0. The normalized spacial score (nSPS) is 13.8. The van der Waals surface area contributed by atoms with E-state index in [0.717, 1.165) is 30.2 Å². The monoisotopic (exact) mass is 432 g/mol. The minimum atomic E-state index is -0.243. The van der Waals surface area contributed by atoms with E-state index in [1.165, 1.54) is 25.7 Å². The molecule has 0 spiro atoms. The fraction of sp³-hybridized carbons (Fsp3) is 0.320. The highest BCUT2D eigenvalue weighted by Gasteiger charge is 2.12. The molecule has 0 aliphatic carbocycles. The van der Waals surface area contributed by atoms with Crippen molar-refractivity contribution >= 4 is 17.4 Å². The summed E-state index contributed by atoms with van der Waals surface area (Å²) in [6.07, 6.45) is 4.97. The van der Waals surface area contributed by atoms with Crippen molar-refractivity contribution in [3.8, 4) is 22.8 Å². The van der Waals surface area contributed by atoms with Gasteiger partial charge in [0.25, 0.3) is 5.91 Å². The van der Waals surface area contributed by atoms with Crippen LogP contribution >= 0.6 is 0 Å². The molecule has 1 fully saturated rings. The van der Waals surface area contributed by atoms with Gasteiger partial charge >= 0.3 is 0 Å². The highest BCUT2D eigenvalue weighted by molar-refractivity contribution is 5.92. The SMILES string of the molecule is COc1cccc(OCC(=O)Nc2cccc(-c3ccc(N4CCCCCC4)nn3)c2)c1. The van der Waals surface area contributed by atoms with E-state index in [4.69, 9.17) is 9.47 Å². The summed E-state index contributed by atoms with van der Waals surface area (Å²) in [6, 6.07) is 18.7. The van der Waals surface area contributed by atoms with Gasteiger partial charge in [-0.1, -0.05) is 31.0 Å². The third kappa shape index (κ3) is 5.75. The van der Waals surface area contributed by atoms with Crippen LogP contribution in [0.2, 0.25) is 0 Å². The average Bonchev–Trinajstić information content (AvgIpc) is 3.13. The number of hydrogen-bond donors (Lipinski definition) is 1. The third-order valence-electron chi connectivity index (χ3n) is 5.43. The molecule has 2 heterocycles. The van der Waals surface area contributed by atoms with Gasteiger partial charge < -0.3 is 19.7 Å². The molecule has 0 radical (unpaired) electrons. The molecular weight excluding hydrogens is 404 g/mol. The molecule has 2 aromatic carbocycles. The smallest absolute Gasteiger partial charge is 0.262 e. The summed E-state index contributed by atoms with van der Waals surface area (Å²) in [6.45, 7) is 1.97. The number of benzene rings is 2. The van der Waals surface area contributed by atoms with E-state index in [2.05, 4.69) is 20.4 Å². The molecule has 0 saturated carbocycles. The lowest BCUT2D eigenvalue weighted by Gasteiger charge is -2.20. The van der Waals surface area contributed by atoms with Gasteiger partial charge in [-0.2, -0.15) is 0 Å². The van der Waals surface area contributed by atoms with E-state index in [9.17, 15) is 4.79 Å². The van der Waals surface area contributed by atoms with Crippen LogP contribution in [0.4, 0.5) is 11.5 Å². The second-order valence-corrected chi connectivity index (χ2v) is 7.77. The standard InChI is InChI=1S/C25H28N4O3/c1-31-21-10-7-11-22(17-21)32-18-25(30)26-20-9-6-8-19(16-20)23-12-13-24(28-27-23)29-14-4-2-3-5-15-29/h6-13,16-17H,2-5,14-15,18H2,1H3,(H,26,30). The molecule has 1 aliphatic heterocycles. The molecule has 1 aromatic heterocycles. The van der Waals surface area contributed by atoms with Gasteiger partial charge in [0.15, 0.2) is 12.4 Å². The van der Waals surface area contributed by atoms with Gasteiger partial charge in [0, 0.05) is 30.4 Å². The first-order valence-corrected chi connectivity index (χ1v) is 11.0. The largest absolute Gasteiger partial charge is 0.497 e. The molecule has 1 saturated heterocycles. The Hall–Kier alpha value is -3.61. The molecule has 1 N–H and O–H groups in total. The van der Waals surface area contributed by atoms with E-state index in [1.54, 1.807) is 19.2 Å². The number of nitrogens with one attached hydrogen (secondary N) is 1. The zero-order chi connectivity index (χ0) is 22.2. The molecule has 0 unspecified atom stereocenters. The van der Waals surface area contributed by atoms with Gasteiger partial charge in [-0.15, -0.1) is 10.2 Å². The molecule has 32 heavy (non-hydrogen) atoms. The summed E-state index contributed by atoms with van der Waals surface area (Å²) in [5, 5.41) is 11.7. The Kier molecular flexibility index (Phi) is 7.17. The number of anilines is 2. The van der Waals surface area contributed by atoms with Gasteiger partial charge in [-0.3, -0.25) is 4.79 Å². The Morgan fingerprint density at radius 1 is 0.938 bits per heavy atom. The first kappa shape index (κ1) is 21.6. The van der Waals surface area contributed by atoms with E-state index in [-0.39, 0.29) is 12.5 Å². The van der Waals surface area contributed by atoms with Crippen molar-refractivity contribution in [3.05, 3.63) is 60.7 Å². The molecule has 7 nitrogen and oxygen atoms in total. The van der Waals surface area contributed by atoms with Crippen LogP contribution < -0.4 is 19.7 Å². The number of carbonyl (C=O) groups is 1. The van der Waals surface area contributed by atoms with Gasteiger partial charge in [-0.05, 0) is 49.2 Å². The van der Waals surface area contributed by atoms with Crippen LogP contribution in [0.15, 0.2) is 60.7 Å². The van der Waals surface area contributed by atoms with E-state index < -0.39 is 0 Å². The molecule has 166 valence electrons. The predicted octanol–water partition coefficient (Wildman–Crippen LogP) is 4.55. The van der Waals surface area contributed by atoms with Gasteiger partial charge in [0.2, 0.25) is 0 Å². The van der Waals surface area contributed by atoms with Crippen LogP contribution in [0.25, 0.3) is 11.3 Å². The number of aromatic nitrogens is 2. The number of amides is 1. The van der Waals surface area contributed by atoms with E-state index in [0.29, 0.717) is 17.2 Å². The maximum atomic E-state index is 12.3. The second kappa shape index (κ2) is 10.6. The number of carbonyl (C=O) groups excluding carboxylic acids is 1. The molecule has 3 aromatic rings. The molecular formula is C25H28N4O3. The highest BCUT2D eigenvalue weighted by atomic mass is 16.5. The topological polar surface area (TPSA) is 76.6 Å². The number of ether oxygens (including phenoxy) is 2. The Morgan fingerprint density at radius 3 is 2.47 bits per heavy atom. The van der Waals surface area contributed by atoms with Crippen molar-refractivity contribution in [1.82, 2.24) is 10.2 Å². The molecule has 4 rings (SSSR count). The van der Waals surface area contributed by atoms with Crippen LogP contribution in [0, 0.1) is 0 Å². The summed E-state index contributed by atoms with van der Waals surface area (Å²) >= 11 is 0. The van der Waals surface area contributed by atoms with Crippen molar-refractivity contribution in [2.45, 2.75) is 25.7 Å². The van der Waals surface area contributed by atoms with E-state index in [1.807, 2.05) is 48.5 Å². The highest BCUT2D eigenvalue weighted by Crippen LogP contribution is 2.23. The minimum absolute atomic E-state index is 0.0955. The summed E-state index contributed by atoms with van der Waals surface area (Å²) in [4.78, 5) is 14.6. The lowest BCUT2D eigenvalue weighted by atomic mass is 10.1. The average molecular weight is 433 g/mol. The van der Waals surface area contributed by atoms with Gasteiger partial charge in [-0.25, -0.2) is 0 Å². The Morgan fingerprint density at radius 2 is 1.72 bits per heavy atom. The molecule has 0 bridgehead atoms. The fourth-order valence-electron chi connectivity index (χ4n) is 3.74. The Balaban J connectivity index is 1.36. The summed E-state index contributed by atoms with van der Waals surface area (Å²) in [7, 11) is 1.59. The lowest BCUT2D eigenvalue weighted by molar-refractivity contribution is -0.118. The summed E-state index contributed by atoms with van der Waals surface area (Å²) < 4.78 is 10.7. The Labute approximate surface area is 188 Å². The Bertz CT molecular complexity index is 1030. The molecule has 1 aliphatic rings. The van der Waals surface area contributed by atoms with Gasteiger partial charge in [0.1, 0.15) is 11.5 Å². The van der Waals surface area contributed by atoms with Gasteiger partial charge in [0.05, 0.1) is 12.8 Å². The number of rotatable bonds is 7. The molecule has 0 atom stereocenters. The zero-order valence-electron chi connectivity index (χ0n) is 18.3. The lowest BCUT2D eigenvalue weighted by Crippen LogP contribution is -2.25. The zero-order valence-corrected chi connectivity index (χ0v) is 18.3. The fourth-order valence-corrected chi connectivity index (χ4v) is 3.74. The summed E-state index contributed by atoms with van der Waals surface area (Å²) in [5.74, 6) is 1.94. The maximum Gasteiger partial charge on any atom is 0.262 e. The minimum Gasteiger partial charge on any atom is -0.497 e. The van der Waals surface area contributed by atoms with Crippen LogP contribution in [0.5, 0.6) is 11.5 Å². The number of methoxy groups -OCH3 is 1. The van der Waals surface area contributed by atoms with Crippen molar-refractivity contribution in [3.63, 3.8) is 0 Å².